The molecule has 1 aromatic rings. The fraction of sp³-hybridized carbons (Fsp3) is 0.714. The van der Waals surface area contributed by atoms with Crippen LogP contribution in [-0.2, 0) is 32.7 Å². The van der Waals surface area contributed by atoms with Gasteiger partial charge in [-0.15, -0.1) is 0 Å². The zero-order valence-corrected chi connectivity index (χ0v) is 17.5. The minimum absolute atomic E-state index is 0. The van der Waals surface area contributed by atoms with Crippen LogP contribution in [0.25, 0.3) is 0 Å². The number of hydrogen-bond acceptors (Lipinski definition) is 0. The third-order valence-corrected chi connectivity index (χ3v) is 6.40. The van der Waals surface area contributed by atoms with Crippen molar-refractivity contribution in [2.75, 3.05) is 0 Å². The maximum Gasteiger partial charge on any atom is 0 e. The van der Waals surface area contributed by atoms with Crippen LogP contribution in [0.5, 0.6) is 0 Å². The average molecular weight is 372 g/mol. The van der Waals surface area contributed by atoms with Gasteiger partial charge in [0.15, 0.2) is 0 Å². The van der Waals surface area contributed by atoms with Gasteiger partial charge in [-0.2, -0.15) is 34.9 Å². The van der Waals surface area contributed by atoms with Crippen molar-refractivity contribution in [1.82, 2.24) is 0 Å². The second kappa shape index (κ2) is 8.43. The Labute approximate surface area is 162 Å². The SMILES string of the molecule is Cc1[c-]cc(C2CCC(C3CCC(C)CC3)CC2)cc1C.[Y]. The van der Waals surface area contributed by atoms with E-state index in [1.165, 1.54) is 62.5 Å². The summed E-state index contributed by atoms with van der Waals surface area (Å²) in [4.78, 5) is 0. The third kappa shape index (κ3) is 4.44. The van der Waals surface area contributed by atoms with Crippen LogP contribution in [-0.4, -0.2) is 0 Å². The first-order valence-corrected chi connectivity index (χ1v) is 9.12. The van der Waals surface area contributed by atoms with E-state index < -0.39 is 0 Å². The fourth-order valence-corrected chi connectivity index (χ4v) is 4.62. The van der Waals surface area contributed by atoms with Gasteiger partial charge in [0.1, 0.15) is 0 Å². The zero-order chi connectivity index (χ0) is 14.8. The summed E-state index contributed by atoms with van der Waals surface area (Å²) in [6.45, 7) is 6.83. The summed E-state index contributed by atoms with van der Waals surface area (Å²) in [5.74, 6) is 3.88. The molecule has 1 radical (unpaired) electrons. The molecule has 0 bridgehead atoms. The normalized spacial score (nSPS) is 32.3. The topological polar surface area (TPSA) is 0 Å². The van der Waals surface area contributed by atoms with Crippen molar-refractivity contribution in [1.29, 1.82) is 0 Å². The van der Waals surface area contributed by atoms with Gasteiger partial charge in [0.25, 0.3) is 0 Å². The van der Waals surface area contributed by atoms with Crippen LogP contribution in [0.4, 0.5) is 0 Å². The smallest absolute Gasteiger partial charge is 0 e. The van der Waals surface area contributed by atoms with Gasteiger partial charge in [-0.05, 0) is 30.6 Å². The summed E-state index contributed by atoms with van der Waals surface area (Å²) >= 11 is 0. The van der Waals surface area contributed by atoms with Crippen molar-refractivity contribution in [3.8, 4) is 0 Å². The van der Waals surface area contributed by atoms with Gasteiger partial charge < -0.3 is 0 Å². The van der Waals surface area contributed by atoms with Gasteiger partial charge in [0.05, 0.1) is 0 Å². The molecule has 0 heterocycles. The van der Waals surface area contributed by atoms with E-state index in [0.717, 1.165) is 23.7 Å². The van der Waals surface area contributed by atoms with Crippen LogP contribution < -0.4 is 0 Å². The molecular weight excluding hydrogens is 341 g/mol. The molecule has 0 spiro atoms. The van der Waals surface area contributed by atoms with Crippen molar-refractivity contribution >= 4 is 0 Å². The molecule has 2 saturated carbocycles. The van der Waals surface area contributed by atoms with Crippen LogP contribution in [0.3, 0.4) is 0 Å². The Morgan fingerprint density at radius 2 is 1.41 bits per heavy atom. The first-order valence-electron chi connectivity index (χ1n) is 9.12. The van der Waals surface area contributed by atoms with Gasteiger partial charge in [0, 0.05) is 32.7 Å². The Morgan fingerprint density at radius 3 is 1.95 bits per heavy atom. The molecule has 1 aromatic carbocycles. The summed E-state index contributed by atoms with van der Waals surface area (Å²) in [6.07, 6.45) is 11.7. The van der Waals surface area contributed by atoms with Gasteiger partial charge in [-0.25, -0.2) is 0 Å². The number of aryl methyl sites for hydroxylation is 2. The summed E-state index contributed by atoms with van der Waals surface area (Å²) in [5, 5.41) is 0. The summed E-state index contributed by atoms with van der Waals surface area (Å²) in [7, 11) is 0. The van der Waals surface area contributed by atoms with Crippen molar-refractivity contribution in [2.24, 2.45) is 17.8 Å². The first kappa shape index (κ1) is 18.7. The van der Waals surface area contributed by atoms with E-state index in [-0.39, 0.29) is 32.7 Å². The Balaban J connectivity index is 0.00000176. The maximum absolute atomic E-state index is 3.44. The molecule has 0 aliphatic heterocycles. The van der Waals surface area contributed by atoms with E-state index >= 15 is 0 Å². The largest absolute Gasteiger partial charge is 0.180 e. The molecular formula is C21H31Y-. The number of rotatable bonds is 2. The third-order valence-electron chi connectivity index (χ3n) is 6.40. The van der Waals surface area contributed by atoms with Crippen molar-refractivity contribution in [3.05, 3.63) is 34.9 Å². The van der Waals surface area contributed by atoms with E-state index in [1.54, 1.807) is 5.56 Å². The van der Waals surface area contributed by atoms with Crippen molar-refractivity contribution < 1.29 is 32.7 Å². The van der Waals surface area contributed by atoms with Crippen LogP contribution in [0.15, 0.2) is 12.1 Å². The second-order valence-corrected chi connectivity index (χ2v) is 7.87. The van der Waals surface area contributed by atoms with Crippen LogP contribution in [0.1, 0.15) is 80.9 Å². The van der Waals surface area contributed by atoms with Crippen LogP contribution in [0.2, 0.25) is 0 Å². The summed E-state index contributed by atoms with van der Waals surface area (Å²) < 4.78 is 0. The Hall–Kier alpha value is 0.324. The van der Waals surface area contributed by atoms with Gasteiger partial charge >= 0.3 is 0 Å². The summed E-state index contributed by atoms with van der Waals surface area (Å²) in [5.41, 5.74) is 4.27. The monoisotopic (exact) mass is 372 g/mol. The molecule has 0 nitrogen and oxygen atoms in total. The van der Waals surface area contributed by atoms with E-state index in [4.69, 9.17) is 0 Å². The standard InChI is InChI=1S/C21H31.Y/c1-15-4-7-18(8-5-15)19-10-12-20(13-11-19)21-9-6-16(2)17(3)14-21;/h9,14-15,18-20H,4-5,7-8,10-13H2,1-3H3;/q-1;. The average Bonchev–Trinajstić information content (AvgIpc) is 2.51. The predicted molar refractivity (Wildman–Crippen MR) is 90.6 cm³/mol. The fourth-order valence-electron chi connectivity index (χ4n) is 4.62. The Bertz CT molecular complexity index is 463. The van der Waals surface area contributed by atoms with E-state index in [2.05, 4.69) is 39.0 Å². The minimum atomic E-state index is 0. The molecule has 0 unspecified atom stereocenters. The zero-order valence-electron chi connectivity index (χ0n) is 14.7. The minimum Gasteiger partial charge on any atom is -0.180 e. The van der Waals surface area contributed by atoms with E-state index in [0.29, 0.717) is 0 Å². The van der Waals surface area contributed by atoms with E-state index in [1.807, 2.05) is 0 Å². The number of benzene rings is 1. The molecule has 119 valence electrons. The molecule has 22 heavy (non-hydrogen) atoms. The van der Waals surface area contributed by atoms with Gasteiger partial charge in [0.2, 0.25) is 0 Å². The maximum atomic E-state index is 3.44. The molecule has 1 heteroatoms. The predicted octanol–water partition coefficient (Wildman–Crippen LogP) is 6.20. The molecule has 0 atom stereocenters. The molecule has 0 saturated heterocycles. The van der Waals surface area contributed by atoms with Gasteiger partial charge in [-0.3, -0.25) is 0 Å². The second-order valence-electron chi connectivity index (χ2n) is 7.87. The van der Waals surface area contributed by atoms with E-state index in [9.17, 15) is 0 Å². The summed E-state index contributed by atoms with van der Waals surface area (Å²) in [6, 6.07) is 8.12. The molecule has 2 fully saturated rings. The molecule has 0 amide bonds. The first-order chi connectivity index (χ1) is 10.1. The molecule has 0 N–H and O–H groups in total. The molecule has 0 aromatic heterocycles. The number of hydrogen-bond donors (Lipinski definition) is 0. The van der Waals surface area contributed by atoms with Crippen molar-refractivity contribution in [3.63, 3.8) is 0 Å². The molecule has 2 aliphatic carbocycles. The van der Waals surface area contributed by atoms with Crippen LogP contribution >= 0.6 is 0 Å². The van der Waals surface area contributed by atoms with Crippen LogP contribution in [0, 0.1) is 37.7 Å². The van der Waals surface area contributed by atoms with Gasteiger partial charge in [-0.1, -0.05) is 65.2 Å². The Morgan fingerprint density at radius 1 is 0.864 bits per heavy atom. The quantitative estimate of drug-likeness (QED) is 0.542. The Kier molecular flexibility index (Phi) is 7.15. The van der Waals surface area contributed by atoms with Crippen molar-refractivity contribution in [2.45, 2.75) is 78.1 Å². The molecule has 3 rings (SSSR count). The molecule has 2 aliphatic rings.